The lowest BCUT2D eigenvalue weighted by atomic mass is 10.3. The molecule has 1 aliphatic heterocycles. The van der Waals surface area contributed by atoms with Crippen LogP contribution in [0.4, 0.5) is 0 Å². The second-order valence-corrected chi connectivity index (χ2v) is 16.6. The van der Waals surface area contributed by atoms with Gasteiger partial charge < -0.3 is 12.3 Å². The Balaban J connectivity index is 2.82. The summed E-state index contributed by atoms with van der Waals surface area (Å²) in [5, 5.41) is 0. The lowest BCUT2D eigenvalue weighted by Crippen LogP contribution is -2.65. The third-order valence-electron chi connectivity index (χ3n) is 2.19. The smallest absolute Gasteiger partial charge is 0.317 e. The molecule has 0 N–H and O–H groups in total. The van der Waals surface area contributed by atoms with E-state index in [0.29, 0.717) is 5.92 Å². The molecule has 1 saturated heterocycles. The van der Waals surface area contributed by atoms with Crippen molar-refractivity contribution in [2.24, 2.45) is 5.92 Å². The van der Waals surface area contributed by atoms with E-state index in [2.05, 4.69) is 46.6 Å². The largest absolute Gasteiger partial charge is 0.416 e. The van der Waals surface area contributed by atoms with Crippen molar-refractivity contribution in [1.82, 2.24) is 0 Å². The van der Waals surface area contributed by atoms with Crippen LogP contribution in [0.5, 0.6) is 0 Å². The van der Waals surface area contributed by atoms with E-state index in [-0.39, 0.29) is 0 Å². The highest BCUT2D eigenvalue weighted by molar-refractivity contribution is 6.92. The zero-order valence-corrected chi connectivity index (χ0v) is 14.0. The first kappa shape index (κ1) is 13.6. The van der Waals surface area contributed by atoms with Gasteiger partial charge >= 0.3 is 25.7 Å². The van der Waals surface area contributed by atoms with Gasteiger partial charge in [0.1, 0.15) is 0 Å². The standard InChI is InChI=1S/C9H24O3Si3/c1-9(2)8-15(7)11-13(3,4)10-14(5,6)12-15/h9H,8H2,1-7H3. The monoisotopic (exact) mass is 264 g/mol. The molecule has 0 unspecified atom stereocenters. The highest BCUT2D eigenvalue weighted by Crippen LogP contribution is 2.34. The minimum absolute atomic E-state index is 0.634. The van der Waals surface area contributed by atoms with E-state index in [4.69, 9.17) is 12.3 Å². The molecular weight excluding hydrogens is 240 g/mol. The van der Waals surface area contributed by atoms with Crippen LogP contribution >= 0.6 is 0 Å². The predicted octanol–water partition coefficient (Wildman–Crippen LogP) is 3.18. The van der Waals surface area contributed by atoms with E-state index in [1.807, 2.05) is 0 Å². The molecule has 3 nitrogen and oxygen atoms in total. The summed E-state index contributed by atoms with van der Waals surface area (Å²) in [7, 11) is -5.83. The first-order chi connectivity index (χ1) is 6.54. The number of hydrogen-bond donors (Lipinski definition) is 0. The van der Waals surface area contributed by atoms with Crippen molar-refractivity contribution in [3.05, 3.63) is 0 Å². The van der Waals surface area contributed by atoms with Crippen LogP contribution in [0.15, 0.2) is 0 Å². The first-order valence-corrected chi connectivity index (χ1v) is 13.8. The molecule has 15 heavy (non-hydrogen) atoms. The molecule has 1 aliphatic rings. The maximum atomic E-state index is 6.18. The summed E-state index contributed by atoms with van der Waals surface area (Å²) in [6.45, 7) is 15.2. The fourth-order valence-corrected chi connectivity index (χ4v) is 19.3. The fraction of sp³-hybridized carbons (Fsp3) is 1.00. The molecule has 0 bridgehead atoms. The quantitative estimate of drug-likeness (QED) is 0.717. The summed E-state index contributed by atoms with van der Waals surface area (Å²) in [6, 6.07) is 1.07. The third kappa shape index (κ3) is 4.12. The SMILES string of the molecule is CC(C)C[Si]1(C)O[Si](C)(C)O[Si](C)(C)O1. The van der Waals surface area contributed by atoms with Gasteiger partial charge in [-0.1, -0.05) is 13.8 Å². The van der Waals surface area contributed by atoms with Crippen LogP contribution in [0.2, 0.25) is 38.8 Å². The van der Waals surface area contributed by atoms with Gasteiger partial charge in [-0.05, 0) is 44.7 Å². The maximum Gasteiger partial charge on any atom is 0.317 e. The van der Waals surface area contributed by atoms with E-state index in [9.17, 15) is 0 Å². The Morgan fingerprint density at radius 1 is 0.800 bits per heavy atom. The Labute approximate surface area is 96.9 Å². The molecule has 1 heterocycles. The summed E-state index contributed by atoms with van der Waals surface area (Å²) in [6.07, 6.45) is 0. The van der Waals surface area contributed by atoms with Gasteiger partial charge in [-0.25, -0.2) is 0 Å². The van der Waals surface area contributed by atoms with Crippen molar-refractivity contribution in [3.63, 3.8) is 0 Å². The number of rotatable bonds is 2. The summed E-state index contributed by atoms with van der Waals surface area (Å²) in [4.78, 5) is 0. The summed E-state index contributed by atoms with van der Waals surface area (Å²) >= 11 is 0. The van der Waals surface area contributed by atoms with Gasteiger partial charge in [0, 0.05) is 0 Å². The van der Waals surface area contributed by atoms with E-state index in [1.54, 1.807) is 0 Å². The van der Waals surface area contributed by atoms with Gasteiger partial charge in [-0.2, -0.15) is 0 Å². The highest BCUT2D eigenvalue weighted by atomic mass is 28.5. The summed E-state index contributed by atoms with van der Waals surface area (Å²) < 4.78 is 18.4. The van der Waals surface area contributed by atoms with E-state index >= 15 is 0 Å². The molecule has 6 heteroatoms. The van der Waals surface area contributed by atoms with Crippen LogP contribution in [-0.4, -0.2) is 25.7 Å². The summed E-state index contributed by atoms with van der Waals surface area (Å²) in [5.74, 6) is 0.634. The molecule has 0 aliphatic carbocycles. The average Bonchev–Trinajstić information content (AvgIpc) is 1.70. The molecule has 1 fully saturated rings. The molecule has 0 saturated carbocycles. The van der Waals surface area contributed by atoms with Crippen LogP contribution < -0.4 is 0 Å². The summed E-state index contributed by atoms with van der Waals surface area (Å²) in [5.41, 5.74) is 0. The highest BCUT2D eigenvalue weighted by Gasteiger charge is 2.52. The molecule has 90 valence electrons. The molecule has 0 aromatic heterocycles. The van der Waals surface area contributed by atoms with Gasteiger partial charge in [-0.15, -0.1) is 0 Å². The fourth-order valence-electron chi connectivity index (χ4n) is 2.52. The van der Waals surface area contributed by atoms with Crippen LogP contribution in [0.25, 0.3) is 0 Å². The Hall–Kier alpha value is 0.531. The Kier molecular flexibility index (Phi) is 3.70. The molecular formula is C9H24O3Si3. The molecule has 0 amide bonds. The molecule has 0 atom stereocenters. The topological polar surface area (TPSA) is 27.7 Å². The van der Waals surface area contributed by atoms with E-state index in [1.165, 1.54) is 0 Å². The third-order valence-corrected chi connectivity index (χ3v) is 15.1. The van der Waals surface area contributed by atoms with Crippen LogP contribution in [0, 0.1) is 5.92 Å². The molecule has 0 radical (unpaired) electrons. The first-order valence-electron chi connectivity index (χ1n) is 5.64. The molecule has 0 aromatic carbocycles. The van der Waals surface area contributed by atoms with Gasteiger partial charge in [0.2, 0.25) is 0 Å². The zero-order chi connectivity index (χ0) is 11.9. The van der Waals surface area contributed by atoms with E-state index in [0.717, 1.165) is 6.04 Å². The van der Waals surface area contributed by atoms with Crippen LogP contribution in [0.1, 0.15) is 13.8 Å². The lowest BCUT2D eigenvalue weighted by Gasteiger charge is -2.48. The molecule has 1 rings (SSSR count). The van der Waals surface area contributed by atoms with Crippen molar-refractivity contribution >= 4 is 25.7 Å². The predicted molar refractivity (Wildman–Crippen MR) is 69.5 cm³/mol. The second-order valence-electron chi connectivity index (χ2n) is 5.84. The van der Waals surface area contributed by atoms with Crippen molar-refractivity contribution in [1.29, 1.82) is 0 Å². The van der Waals surface area contributed by atoms with Gasteiger partial charge in [-0.3, -0.25) is 0 Å². The van der Waals surface area contributed by atoms with Gasteiger partial charge in [0.05, 0.1) is 0 Å². The average molecular weight is 265 g/mol. The molecule has 0 aromatic rings. The minimum atomic E-state index is -1.97. The van der Waals surface area contributed by atoms with Crippen molar-refractivity contribution in [3.8, 4) is 0 Å². The minimum Gasteiger partial charge on any atom is -0.416 e. The van der Waals surface area contributed by atoms with Crippen LogP contribution in [-0.2, 0) is 12.3 Å². The lowest BCUT2D eigenvalue weighted by molar-refractivity contribution is 0.229. The molecule has 0 spiro atoms. The van der Waals surface area contributed by atoms with Crippen molar-refractivity contribution in [2.45, 2.75) is 52.6 Å². The van der Waals surface area contributed by atoms with Crippen molar-refractivity contribution in [2.75, 3.05) is 0 Å². The Bertz CT molecular complexity index is 225. The Morgan fingerprint density at radius 2 is 1.20 bits per heavy atom. The maximum absolute atomic E-state index is 6.18. The van der Waals surface area contributed by atoms with E-state index < -0.39 is 25.7 Å². The second kappa shape index (κ2) is 4.08. The number of hydrogen-bond acceptors (Lipinski definition) is 3. The van der Waals surface area contributed by atoms with Crippen LogP contribution in [0.3, 0.4) is 0 Å². The van der Waals surface area contributed by atoms with Gasteiger partial charge in [0.15, 0.2) is 0 Å². The van der Waals surface area contributed by atoms with Crippen molar-refractivity contribution < 1.29 is 12.3 Å². The normalized spacial score (nSPS) is 28.0. The Morgan fingerprint density at radius 3 is 1.53 bits per heavy atom. The van der Waals surface area contributed by atoms with Gasteiger partial charge in [0.25, 0.3) is 0 Å². The zero-order valence-electron chi connectivity index (χ0n) is 11.0.